The number of nitrogens with one attached hydrogen (secondary N) is 1. The van der Waals surface area contributed by atoms with Crippen LogP contribution in [-0.2, 0) is 25.8 Å². The molecule has 2 bridgehead atoms. The molecule has 0 radical (unpaired) electrons. The minimum Gasteiger partial charge on any atom is -0.444 e. The number of hydroxylamine groups is 3. The number of ether oxygens (including phenoxy) is 1. The largest absolute Gasteiger partial charge is 0.444 e. The van der Waals surface area contributed by atoms with Crippen molar-refractivity contribution in [2.24, 2.45) is 0 Å². The Bertz CT molecular complexity index is 922. The maximum Gasteiger partial charge on any atom is 0.410 e. The van der Waals surface area contributed by atoms with Crippen molar-refractivity contribution >= 4 is 18.0 Å². The van der Waals surface area contributed by atoms with Gasteiger partial charge in [-0.05, 0) is 65.4 Å². The Hall–Kier alpha value is -2.85. The third-order valence-electron chi connectivity index (χ3n) is 6.93. The monoisotopic (exact) mass is 502 g/mol. The second-order valence-corrected chi connectivity index (χ2v) is 10.7. The van der Waals surface area contributed by atoms with E-state index in [2.05, 4.69) is 5.48 Å². The zero-order chi connectivity index (χ0) is 25.9. The lowest BCUT2D eigenvalue weighted by molar-refractivity contribution is -0.165. The van der Waals surface area contributed by atoms with Crippen LogP contribution < -0.4 is 5.48 Å². The number of piperidine rings is 1. The molecule has 0 aliphatic carbocycles. The molecular formula is C26H38N4O6. The van der Waals surface area contributed by atoms with Crippen LogP contribution in [0, 0.1) is 0 Å². The van der Waals surface area contributed by atoms with Gasteiger partial charge in [-0.3, -0.25) is 14.5 Å². The van der Waals surface area contributed by atoms with E-state index >= 15 is 0 Å². The van der Waals surface area contributed by atoms with Gasteiger partial charge in [-0.1, -0.05) is 30.3 Å². The lowest BCUT2D eigenvalue weighted by Crippen LogP contribution is -2.59. The van der Waals surface area contributed by atoms with Crippen LogP contribution >= 0.6 is 0 Å². The molecule has 3 aliphatic heterocycles. The highest BCUT2D eigenvalue weighted by atomic mass is 16.7. The Morgan fingerprint density at radius 2 is 1.72 bits per heavy atom. The molecule has 0 saturated carbocycles. The highest BCUT2D eigenvalue weighted by Gasteiger charge is 2.46. The third kappa shape index (κ3) is 6.10. The van der Waals surface area contributed by atoms with E-state index in [1.165, 1.54) is 9.96 Å². The Balaban J connectivity index is 1.26. The van der Waals surface area contributed by atoms with E-state index in [9.17, 15) is 14.4 Å². The van der Waals surface area contributed by atoms with Crippen LogP contribution in [0.2, 0.25) is 0 Å². The number of nitrogens with zero attached hydrogens (tertiary/aromatic N) is 3. The summed E-state index contributed by atoms with van der Waals surface area (Å²) in [6.45, 7) is 8.41. The van der Waals surface area contributed by atoms with E-state index in [0.29, 0.717) is 32.4 Å². The van der Waals surface area contributed by atoms with E-state index in [4.69, 9.17) is 14.4 Å². The van der Waals surface area contributed by atoms with Crippen LogP contribution in [-0.4, -0.2) is 75.8 Å². The molecule has 3 aliphatic rings. The molecule has 2 unspecified atom stereocenters. The maximum atomic E-state index is 13.0. The molecular weight excluding hydrogens is 464 g/mol. The smallest absolute Gasteiger partial charge is 0.410 e. The van der Waals surface area contributed by atoms with Crippen LogP contribution in [0.4, 0.5) is 9.59 Å². The van der Waals surface area contributed by atoms with Crippen LogP contribution in [0.25, 0.3) is 0 Å². The number of carbonyl (C=O) groups is 3. The van der Waals surface area contributed by atoms with E-state index < -0.39 is 11.6 Å². The van der Waals surface area contributed by atoms with Gasteiger partial charge in [-0.25, -0.2) is 20.1 Å². The van der Waals surface area contributed by atoms with Crippen LogP contribution in [0.3, 0.4) is 0 Å². The van der Waals surface area contributed by atoms with Gasteiger partial charge in [-0.2, -0.15) is 0 Å². The summed E-state index contributed by atoms with van der Waals surface area (Å²) in [4.78, 5) is 53.4. The zero-order valence-corrected chi connectivity index (χ0v) is 21.6. The summed E-state index contributed by atoms with van der Waals surface area (Å²) in [5.41, 5.74) is 3.03. The lowest BCUT2D eigenvalue weighted by atomic mass is 10.0. The summed E-state index contributed by atoms with van der Waals surface area (Å²) >= 11 is 0. The first-order chi connectivity index (χ1) is 17.2. The molecule has 0 aromatic heterocycles. The number of likely N-dealkylation sites (N-methyl/N-ethyl adjacent to an activating group) is 1. The molecule has 3 fully saturated rings. The SMILES string of the molecule is CCN1C(=O)N(OCc2ccccc2)CC[C@H]1C(=O)NOC1CC2CCC(C1)N2C(=O)OC(C)(C)C. The highest BCUT2D eigenvalue weighted by molar-refractivity contribution is 5.87. The van der Waals surface area contributed by atoms with Gasteiger partial charge < -0.3 is 14.5 Å². The number of hydrogen-bond acceptors (Lipinski definition) is 6. The van der Waals surface area contributed by atoms with Crippen LogP contribution in [0.5, 0.6) is 0 Å². The number of rotatable bonds is 7. The molecule has 10 heteroatoms. The van der Waals surface area contributed by atoms with Crippen molar-refractivity contribution in [1.29, 1.82) is 0 Å². The van der Waals surface area contributed by atoms with E-state index in [0.717, 1.165) is 18.4 Å². The highest BCUT2D eigenvalue weighted by Crippen LogP contribution is 2.37. The number of amides is 4. The normalized spacial score (nSPS) is 26.2. The summed E-state index contributed by atoms with van der Waals surface area (Å²) in [7, 11) is 0. The molecule has 36 heavy (non-hydrogen) atoms. The number of urea groups is 1. The van der Waals surface area contributed by atoms with Gasteiger partial charge in [0.1, 0.15) is 18.2 Å². The molecule has 3 saturated heterocycles. The summed E-state index contributed by atoms with van der Waals surface area (Å²) in [5, 5.41) is 1.32. The first kappa shape index (κ1) is 26.2. The number of fused-ring (bicyclic) bond motifs is 2. The fraction of sp³-hybridized carbons (Fsp3) is 0.654. The molecule has 1 N–H and O–H groups in total. The van der Waals surface area contributed by atoms with Gasteiger partial charge in [0, 0.05) is 18.6 Å². The molecule has 10 nitrogen and oxygen atoms in total. The first-order valence-corrected chi connectivity index (χ1v) is 12.9. The van der Waals surface area contributed by atoms with Crippen molar-refractivity contribution in [3.63, 3.8) is 0 Å². The quantitative estimate of drug-likeness (QED) is 0.572. The van der Waals surface area contributed by atoms with Gasteiger partial charge in [0.25, 0.3) is 5.91 Å². The zero-order valence-electron chi connectivity index (χ0n) is 21.6. The number of hydrogen-bond donors (Lipinski definition) is 1. The first-order valence-electron chi connectivity index (χ1n) is 12.9. The second kappa shape index (κ2) is 11.0. The third-order valence-corrected chi connectivity index (χ3v) is 6.93. The maximum absolute atomic E-state index is 13.0. The van der Waals surface area contributed by atoms with Crippen LogP contribution in [0.15, 0.2) is 30.3 Å². The topological polar surface area (TPSA) is 101 Å². The Labute approximate surface area is 212 Å². The average Bonchev–Trinajstić information content (AvgIpc) is 3.11. The molecule has 4 amide bonds. The van der Waals surface area contributed by atoms with E-state index in [1.807, 2.05) is 62.9 Å². The summed E-state index contributed by atoms with van der Waals surface area (Å²) in [6, 6.07) is 8.76. The number of benzene rings is 1. The lowest BCUT2D eigenvalue weighted by Gasteiger charge is -2.40. The van der Waals surface area contributed by atoms with Crippen LogP contribution in [0.1, 0.15) is 65.4 Å². The van der Waals surface area contributed by atoms with E-state index in [1.54, 1.807) is 0 Å². The predicted octanol–water partition coefficient (Wildman–Crippen LogP) is 3.61. The van der Waals surface area contributed by atoms with Gasteiger partial charge in [0.2, 0.25) is 0 Å². The molecule has 0 spiro atoms. The molecule has 3 atom stereocenters. The van der Waals surface area contributed by atoms with Crippen molar-refractivity contribution < 1.29 is 28.8 Å². The van der Waals surface area contributed by atoms with Gasteiger partial charge in [0.05, 0.1) is 12.6 Å². The summed E-state index contributed by atoms with van der Waals surface area (Å²) in [6.07, 6.45) is 3.04. The molecule has 198 valence electrons. The minimum absolute atomic E-state index is 0.0409. The Kier molecular flexibility index (Phi) is 8.04. The molecule has 4 rings (SSSR count). The van der Waals surface area contributed by atoms with Gasteiger partial charge in [-0.15, -0.1) is 0 Å². The Morgan fingerprint density at radius 3 is 2.33 bits per heavy atom. The molecule has 1 aromatic rings. The summed E-state index contributed by atoms with van der Waals surface area (Å²) < 4.78 is 5.58. The summed E-state index contributed by atoms with van der Waals surface area (Å²) in [5.74, 6) is -0.338. The second-order valence-electron chi connectivity index (χ2n) is 10.7. The average molecular weight is 503 g/mol. The number of carbonyl (C=O) groups excluding carboxylic acids is 3. The van der Waals surface area contributed by atoms with Crippen molar-refractivity contribution in [1.82, 2.24) is 20.3 Å². The molecule has 1 aromatic carbocycles. The van der Waals surface area contributed by atoms with Crippen molar-refractivity contribution in [3.05, 3.63) is 35.9 Å². The standard InChI is InChI=1S/C26H38N4O6/c1-5-28-22(13-14-29(24(28)32)34-17-18-9-7-6-8-10-18)23(31)27-36-21-15-19-11-12-20(16-21)30(19)25(33)35-26(2,3)4/h6-10,19-22H,5,11-17H2,1-4H3,(H,27,31)/t19?,20?,21?,22-/m0/s1. The van der Waals surface area contributed by atoms with Gasteiger partial charge in [0.15, 0.2) is 0 Å². The van der Waals surface area contributed by atoms with E-state index in [-0.39, 0.29) is 42.8 Å². The predicted molar refractivity (Wildman–Crippen MR) is 131 cm³/mol. The van der Waals surface area contributed by atoms with Crippen molar-refractivity contribution in [3.8, 4) is 0 Å². The van der Waals surface area contributed by atoms with Crippen molar-refractivity contribution in [2.45, 2.75) is 96.2 Å². The molecule has 3 heterocycles. The Morgan fingerprint density at radius 1 is 1.06 bits per heavy atom. The van der Waals surface area contributed by atoms with Gasteiger partial charge >= 0.3 is 12.1 Å². The fourth-order valence-electron chi connectivity index (χ4n) is 5.29. The minimum atomic E-state index is -0.627. The van der Waals surface area contributed by atoms with Crippen molar-refractivity contribution in [2.75, 3.05) is 13.1 Å². The fourth-order valence-corrected chi connectivity index (χ4v) is 5.29.